The van der Waals surface area contributed by atoms with Crippen LogP contribution in [0.4, 0.5) is 0 Å². The Morgan fingerprint density at radius 1 is 1.09 bits per heavy atom. The molecule has 0 heterocycles. The predicted molar refractivity (Wildman–Crippen MR) is 50.1 cm³/mol. The van der Waals surface area contributed by atoms with Crippen molar-refractivity contribution in [1.82, 2.24) is 0 Å². The van der Waals surface area contributed by atoms with Gasteiger partial charge >= 0.3 is 0 Å². The van der Waals surface area contributed by atoms with Crippen molar-refractivity contribution in [3.63, 3.8) is 0 Å². The van der Waals surface area contributed by atoms with Crippen LogP contribution in [-0.2, 0) is 0 Å². The number of aliphatic hydroxyl groups excluding tert-OH is 1. The fourth-order valence-electron chi connectivity index (χ4n) is 1.01. The standard InChI is InChI=1S/C9H19ClO/c1-9(2,10)7-5-3-4-6-8-11/h11H,3-8H2,1-2H3. The van der Waals surface area contributed by atoms with Gasteiger partial charge in [0.15, 0.2) is 0 Å². The second-order valence-corrected chi connectivity index (χ2v) is 4.63. The summed E-state index contributed by atoms with van der Waals surface area (Å²) < 4.78 is 0. The molecule has 0 aliphatic heterocycles. The lowest BCUT2D eigenvalue weighted by molar-refractivity contribution is 0.282. The Labute approximate surface area is 74.8 Å². The van der Waals surface area contributed by atoms with E-state index in [9.17, 15) is 0 Å². The third kappa shape index (κ3) is 10.2. The van der Waals surface area contributed by atoms with Crippen molar-refractivity contribution in [3.8, 4) is 0 Å². The van der Waals surface area contributed by atoms with Gasteiger partial charge < -0.3 is 5.11 Å². The molecule has 0 atom stereocenters. The predicted octanol–water partition coefficient (Wildman–Crippen LogP) is 2.95. The first-order valence-electron chi connectivity index (χ1n) is 4.36. The van der Waals surface area contributed by atoms with Gasteiger partial charge in [-0.05, 0) is 26.7 Å². The molecule has 2 heteroatoms. The first kappa shape index (κ1) is 11.2. The molecule has 0 saturated heterocycles. The minimum atomic E-state index is -0.0424. The molecule has 0 bridgehead atoms. The van der Waals surface area contributed by atoms with E-state index in [1.54, 1.807) is 0 Å². The Morgan fingerprint density at radius 3 is 2.09 bits per heavy atom. The van der Waals surface area contributed by atoms with Crippen molar-refractivity contribution < 1.29 is 5.11 Å². The highest BCUT2D eigenvalue weighted by atomic mass is 35.5. The molecule has 0 fully saturated rings. The molecule has 0 saturated carbocycles. The van der Waals surface area contributed by atoms with Crippen LogP contribution in [0, 0.1) is 0 Å². The van der Waals surface area contributed by atoms with Crippen LogP contribution in [-0.4, -0.2) is 16.6 Å². The van der Waals surface area contributed by atoms with Crippen LogP contribution in [0.15, 0.2) is 0 Å². The minimum Gasteiger partial charge on any atom is -0.396 e. The zero-order chi connectivity index (χ0) is 8.74. The third-order valence-corrected chi connectivity index (χ3v) is 1.87. The molecule has 0 aromatic carbocycles. The highest BCUT2D eigenvalue weighted by molar-refractivity contribution is 6.23. The molecule has 0 aliphatic carbocycles. The fourth-order valence-corrected chi connectivity index (χ4v) is 1.14. The molecule has 0 radical (unpaired) electrons. The third-order valence-electron chi connectivity index (χ3n) is 1.68. The molecule has 11 heavy (non-hydrogen) atoms. The molecule has 0 aromatic rings. The molecule has 0 amide bonds. The van der Waals surface area contributed by atoms with Crippen molar-refractivity contribution in [3.05, 3.63) is 0 Å². The van der Waals surface area contributed by atoms with Crippen LogP contribution in [0.1, 0.15) is 46.0 Å². The molecule has 1 nitrogen and oxygen atoms in total. The summed E-state index contributed by atoms with van der Waals surface area (Å²) in [6.45, 7) is 4.41. The summed E-state index contributed by atoms with van der Waals surface area (Å²) in [5, 5.41) is 8.50. The largest absolute Gasteiger partial charge is 0.396 e. The number of hydrogen-bond acceptors (Lipinski definition) is 1. The normalized spacial score (nSPS) is 12.0. The molecule has 0 spiro atoms. The Balaban J connectivity index is 3.02. The van der Waals surface area contributed by atoms with Crippen LogP contribution in [0.25, 0.3) is 0 Å². The minimum absolute atomic E-state index is 0.0424. The monoisotopic (exact) mass is 178 g/mol. The number of aliphatic hydroxyl groups is 1. The molecule has 0 aliphatic rings. The Morgan fingerprint density at radius 2 is 1.64 bits per heavy atom. The summed E-state index contributed by atoms with van der Waals surface area (Å²) in [6, 6.07) is 0. The van der Waals surface area contributed by atoms with Gasteiger partial charge in [0.25, 0.3) is 0 Å². The summed E-state index contributed by atoms with van der Waals surface area (Å²) in [4.78, 5) is -0.0424. The second-order valence-electron chi connectivity index (χ2n) is 3.61. The molecular formula is C9H19ClO. The lowest BCUT2D eigenvalue weighted by Gasteiger charge is -2.14. The van der Waals surface area contributed by atoms with E-state index in [4.69, 9.17) is 16.7 Å². The maximum absolute atomic E-state index is 8.50. The zero-order valence-corrected chi connectivity index (χ0v) is 8.32. The lowest BCUT2D eigenvalue weighted by atomic mass is 10.0. The van der Waals surface area contributed by atoms with Gasteiger partial charge in [-0.3, -0.25) is 0 Å². The topological polar surface area (TPSA) is 20.2 Å². The first-order valence-corrected chi connectivity index (χ1v) is 4.74. The lowest BCUT2D eigenvalue weighted by Crippen LogP contribution is -2.08. The molecule has 1 N–H and O–H groups in total. The van der Waals surface area contributed by atoms with Crippen LogP contribution in [0.3, 0.4) is 0 Å². The van der Waals surface area contributed by atoms with E-state index in [0.717, 1.165) is 19.3 Å². The molecule has 68 valence electrons. The first-order chi connectivity index (χ1) is 5.06. The van der Waals surface area contributed by atoms with Crippen molar-refractivity contribution in [2.75, 3.05) is 6.61 Å². The fraction of sp³-hybridized carbons (Fsp3) is 1.00. The number of unbranched alkanes of at least 4 members (excludes halogenated alkanes) is 3. The highest BCUT2D eigenvalue weighted by Gasteiger charge is 2.11. The highest BCUT2D eigenvalue weighted by Crippen LogP contribution is 2.21. The van der Waals surface area contributed by atoms with Crippen molar-refractivity contribution in [2.24, 2.45) is 0 Å². The van der Waals surface area contributed by atoms with E-state index >= 15 is 0 Å². The Kier molecular flexibility index (Phi) is 5.98. The van der Waals surface area contributed by atoms with Crippen LogP contribution in [0.2, 0.25) is 0 Å². The molecule has 0 unspecified atom stereocenters. The Bertz CT molecular complexity index is 86.1. The number of alkyl halides is 1. The number of hydrogen-bond donors (Lipinski definition) is 1. The van der Waals surface area contributed by atoms with Gasteiger partial charge in [-0.25, -0.2) is 0 Å². The van der Waals surface area contributed by atoms with Gasteiger partial charge in [0.2, 0.25) is 0 Å². The second kappa shape index (κ2) is 5.84. The van der Waals surface area contributed by atoms with Gasteiger partial charge in [-0.2, -0.15) is 0 Å². The summed E-state index contributed by atoms with van der Waals surface area (Å²) in [5.74, 6) is 0. The van der Waals surface area contributed by atoms with E-state index in [1.807, 2.05) is 13.8 Å². The van der Waals surface area contributed by atoms with Crippen LogP contribution in [0.5, 0.6) is 0 Å². The smallest absolute Gasteiger partial charge is 0.0431 e. The van der Waals surface area contributed by atoms with E-state index in [0.29, 0.717) is 6.61 Å². The van der Waals surface area contributed by atoms with Gasteiger partial charge in [-0.1, -0.05) is 19.3 Å². The van der Waals surface area contributed by atoms with Gasteiger partial charge in [-0.15, -0.1) is 11.6 Å². The van der Waals surface area contributed by atoms with Gasteiger partial charge in [0.1, 0.15) is 0 Å². The average Bonchev–Trinajstić information content (AvgIpc) is 1.85. The maximum atomic E-state index is 8.50. The van der Waals surface area contributed by atoms with Crippen molar-refractivity contribution >= 4 is 11.6 Å². The van der Waals surface area contributed by atoms with E-state index < -0.39 is 0 Å². The van der Waals surface area contributed by atoms with Crippen molar-refractivity contribution in [2.45, 2.75) is 50.8 Å². The Hall–Kier alpha value is 0.250. The summed E-state index contributed by atoms with van der Waals surface area (Å²) >= 11 is 6.00. The summed E-state index contributed by atoms with van der Waals surface area (Å²) in [5.41, 5.74) is 0. The zero-order valence-electron chi connectivity index (χ0n) is 7.57. The van der Waals surface area contributed by atoms with Gasteiger partial charge in [0.05, 0.1) is 0 Å². The average molecular weight is 179 g/mol. The van der Waals surface area contributed by atoms with Crippen molar-refractivity contribution in [1.29, 1.82) is 0 Å². The molecule has 0 rings (SSSR count). The van der Waals surface area contributed by atoms with Gasteiger partial charge in [0, 0.05) is 11.5 Å². The van der Waals surface area contributed by atoms with E-state index in [-0.39, 0.29) is 4.87 Å². The van der Waals surface area contributed by atoms with E-state index in [2.05, 4.69) is 0 Å². The molecular weight excluding hydrogens is 160 g/mol. The molecule has 0 aromatic heterocycles. The summed E-state index contributed by atoms with van der Waals surface area (Å²) in [7, 11) is 0. The van der Waals surface area contributed by atoms with Crippen LogP contribution >= 0.6 is 11.6 Å². The number of rotatable bonds is 6. The SMILES string of the molecule is CC(C)(Cl)CCCCCCO. The summed E-state index contributed by atoms with van der Waals surface area (Å²) in [6.07, 6.45) is 5.50. The van der Waals surface area contributed by atoms with Crippen LogP contribution < -0.4 is 0 Å². The van der Waals surface area contributed by atoms with E-state index in [1.165, 1.54) is 12.8 Å². The maximum Gasteiger partial charge on any atom is 0.0431 e. The quantitative estimate of drug-likeness (QED) is 0.490. The number of halogens is 1.